The van der Waals surface area contributed by atoms with Crippen molar-refractivity contribution >= 4 is 18.0 Å². The van der Waals surface area contributed by atoms with Gasteiger partial charge in [0.1, 0.15) is 17.8 Å². The summed E-state index contributed by atoms with van der Waals surface area (Å²) in [5.41, 5.74) is 0.633. The molecule has 22 heavy (non-hydrogen) atoms. The first-order valence-corrected chi connectivity index (χ1v) is 5.75. The molecule has 0 aliphatic rings. The van der Waals surface area contributed by atoms with E-state index in [1.54, 1.807) is 12.1 Å². The van der Waals surface area contributed by atoms with E-state index in [1.807, 2.05) is 0 Å². The number of rotatable bonds is 3. The van der Waals surface area contributed by atoms with E-state index in [-0.39, 0.29) is 24.5 Å². The Balaban J connectivity index is 0.000000397. The third kappa shape index (κ3) is 5.87. The van der Waals surface area contributed by atoms with Crippen molar-refractivity contribution in [3.63, 3.8) is 0 Å². The number of Topliss-reactive ketones (excluding diaryl/α,β-unsaturated/α-hetero) is 1. The molecule has 0 spiro atoms. The molecule has 0 radical (unpaired) electrons. The van der Waals surface area contributed by atoms with Crippen LogP contribution in [0.3, 0.4) is 0 Å². The lowest BCUT2D eigenvalue weighted by Crippen LogP contribution is -2.12. The second-order valence-electron chi connectivity index (χ2n) is 3.89. The number of hydrogen-bond acceptors (Lipinski definition) is 5. The summed E-state index contributed by atoms with van der Waals surface area (Å²) in [6, 6.07) is 11.1. The number of carboxylic acids is 1. The van der Waals surface area contributed by atoms with Gasteiger partial charge in [0.2, 0.25) is 0 Å². The summed E-state index contributed by atoms with van der Waals surface area (Å²) in [6.45, 7) is 0. The maximum atomic E-state index is 10.8. The lowest BCUT2D eigenvalue weighted by atomic mass is 10.1. The zero-order valence-electron chi connectivity index (χ0n) is 10.8. The molecule has 6 nitrogen and oxygen atoms in total. The van der Waals surface area contributed by atoms with Crippen LogP contribution in [0.2, 0.25) is 0 Å². The third-order valence-corrected chi connectivity index (χ3v) is 2.35. The smallest absolute Gasteiger partial charge is 0.377 e. The Morgan fingerprint density at radius 3 is 1.59 bits per heavy atom. The van der Waals surface area contributed by atoms with Crippen molar-refractivity contribution in [2.75, 3.05) is 0 Å². The van der Waals surface area contributed by atoms with E-state index in [0.29, 0.717) is 5.56 Å². The van der Waals surface area contributed by atoms with Crippen LogP contribution in [0.25, 0.3) is 0 Å². The first kappa shape index (κ1) is 18.9. The highest BCUT2D eigenvalue weighted by molar-refractivity contribution is 6.39. The van der Waals surface area contributed by atoms with Gasteiger partial charge in [0.05, 0.1) is 0 Å². The van der Waals surface area contributed by atoms with E-state index >= 15 is 0 Å². The van der Waals surface area contributed by atoms with E-state index in [9.17, 15) is 14.4 Å². The Morgan fingerprint density at radius 1 is 0.818 bits per heavy atom. The molecule has 0 aromatic heterocycles. The zero-order chi connectivity index (χ0) is 15.8. The van der Waals surface area contributed by atoms with Gasteiger partial charge in [-0.25, -0.2) is 4.79 Å². The average molecular weight is 304 g/mol. The fourth-order valence-electron chi connectivity index (χ4n) is 1.29. The van der Waals surface area contributed by atoms with E-state index in [0.717, 1.165) is 6.29 Å². The molecule has 6 heteroatoms. The molecule has 3 N–H and O–H groups in total. The molecule has 0 fully saturated rings. The van der Waals surface area contributed by atoms with E-state index < -0.39 is 11.8 Å². The average Bonchev–Trinajstić information content (AvgIpc) is 2.49. The molecule has 2 aromatic carbocycles. The molecule has 2 aromatic rings. The monoisotopic (exact) mass is 304 g/mol. The van der Waals surface area contributed by atoms with Gasteiger partial charge in [-0.2, -0.15) is 0 Å². The number of aldehydes is 1. The van der Waals surface area contributed by atoms with Gasteiger partial charge in [0, 0.05) is 11.1 Å². The molecule has 0 unspecified atom stereocenters. The van der Waals surface area contributed by atoms with Gasteiger partial charge in [-0.05, 0) is 48.5 Å². The molecule has 0 saturated carbocycles. The summed E-state index contributed by atoms with van der Waals surface area (Å²) in [5.74, 6) is -2.30. The van der Waals surface area contributed by atoms with Gasteiger partial charge in [0.25, 0.3) is 5.78 Å². The first-order valence-electron chi connectivity index (χ1n) is 5.75. The Morgan fingerprint density at radius 2 is 1.23 bits per heavy atom. The summed E-state index contributed by atoms with van der Waals surface area (Å²) >= 11 is 0. The Labute approximate surface area is 127 Å². The standard InChI is InChI=1S/C8H6O4.C7H6O2.CH4/c9-6-3-1-5(2-4-6)7(10)8(11)12;8-5-6-1-3-7(9)4-2-6;/h1-4,9H,(H,11,12);1-5,9H;1H4. The molecular formula is C16H16O6. The quantitative estimate of drug-likeness (QED) is 0.456. The third-order valence-electron chi connectivity index (χ3n) is 2.35. The molecule has 0 saturated heterocycles. The number of benzene rings is 2. The number of phenolic OH excluding ortho intramolecular Hbond substituents is 2. The number of carbonyl (C=O) groups is 3. The molecule has 0 amide bonds. The Bertz CT molecular complexity index is 629. The van der Waals surface area contributed by atoms with Crippen molar-refractivity contribution in [1.29, 1.82) is 0 Å². The summed E-state index contributed by atoms with van der Waals surface area (Å²) < 4.78 is 0. The van der Waals surface area contributed by atoms with Crippen LogP contribution >= 0.6 is 0 Å². The predicted octanol–water partition coefficient (Wildman–Crippen LogP) is 2.50. The van der Waals surface area contributed by atoms with Crippen molar-refractivity contribution in [2.45, 2.75) is 7.43 Å². The van der Waals surface area contributed by atoms with E-state index in [1.165, 1.54) is 36.4 Å². The van der Waals surface area contributed by atoms with Crippen LogP contribution < -0.4 is 0 Å². The largest absolute Gasteiger partial charge is 0.508 e. The van der Waals surface area contributed by atoms with Crippen LogP contribution in [0, 0.1) is 0 Å². The number of hydrogen-bond donors (Lipinski definition) is 3. The Kier molecular flexibility index (Phi) is 7.63. The van der Waals surface area contributed by atoms with E-state index in [2.05, 4.69) is 0 Å². The topological polar surface area (TPSA) is 112 Å². The fourth-order valence-corrected chi connectivity index (χ4v) is 1.29. The normalized spacial score (nSPS) is 8.73. The highest BCUT2D eigenvalue weighted by atomic mass is 16.4. The number of ketones is 1. The molecule has 116 valence electrons. The molecule has 2 rings (SSSR count). The van der Waals surface area contributed by atoms with Crippen molar-refractivity contribution in [1.82, 2.24) is 0 Å². The predicted molar refractivity (Wildman–Crippen MR) is 80.3 cm³/mol. The van der Waals surface area contributed by atoms with Crippen molar-refractivity contribution in [3.05, 3.63) is 59.7 Å². The summed E-state index contributed by atoms with van der Waals surface area (Å²) in [7, 11) is 0. The van der Waals surface area contributed by atoms with Crippen molar-refractivity contribution in [3.8, 4) is 11.5 Å². The number of carbonyl (C=O) groups excluding carboxylic acids is 2. The van der Waals surface area contributed by atoms with Gasteiger partial charge in [-0.1, -0.05) is 7.43 Å². The summed E-state index contributed by atoms with van der Waals surface area (Å²) in [6.07, 6.45) is 0.736. The molecular weight excluding hydrogens is 288 g/mol. The van der Waals surface area contributed by atoms with Crippen LogP contribution in [0.4, 0.5) is 0 Å². The van der Waals surface area contributed by atoms with Crippen LogP contribution in [0.15, 0.2) is 48.5 Å². The molecule has 0 aliphatic carbocycles. The maximum Gasteiger partial charge on any atom is 0.377 e. The molecule has 0 heterocycles. The minimum absolute atomic E-state index is 0. The minimum Gasteiger partial charge on any atom is -0.508 e. The summed E-state index contributed by atoms with van der Waals surface area (Å²) in [4.78, 5) is 31.0. The highest BCUT2D eigenvalue weighted by Crippen LogP contribution is 2.10. The first-order chi connectivity index (χ1) is 9.93. The lowest BCUT2D eigenvalue weighted by molar-refractivity contribution is -0.131. The van der Waals surface area contributed by atoms with Crippen LogP contribution in [0.5, 0.6) is 11.5 Å². The van der Waals surface area contributed by atoms with Gasteiger partial charge < -0.3 is 15.3 Å². The fraction of sp³-hybridized carbons (Fsp3) is 0.0625. The SMILES string of the molecule is C.O=C(O)C(=O)c1ccc(O)cc1.O=Cc1ccc(O)cc1. The highest BCUT2D eigenvalue weighted by Gasteiger charge is 2.13. The minimum atomic E-state index is -1.50. The number of aliphatic carboxylic acids is 1. The van der Waals surface area contributed by atoms with Crippen LogP contribution in [-0.2, 0) is 4.79 Å². The van der Waals surface area contributed by atoms with Gasteiger partial charge in [-0.15, -0.1) is 0 Å². The summed E-state index contributed by atoms with van der Waals surface area (Å²) in [5, 5.41) is 25.8. The zero-order valence-corrected chi connectivity index (χ0v) is 10.8. The van der Waals surface area contributed by atoms with Crippen LogP contribution in [-0.4, -0.2) is 33.4 Å². The molecule has 0 atom stereocenters. The number of aromatic hydroxyl groups is 2. The second kappa shape index (κ2) is 8.91. The van der Waals surface area contributed by atoms with Gasteiger partial charge >= 0.3 is 5.97 Å². The van der Waals surface area contributed by atoms with Crippen molar-refractivity contribution in [2.24, 2.45) is 0 Å². The Hall–Kier alpha value is -3.15. The number of carboxylic acid groups (broad SMARTS) is 1. The van der Waals surface area contributed by atoms with Crippen molar-refractivity contribution < 1.29 is 29.7 Å². The van der Waals surface area contributed by atoms with E-state index in [4.69, 9.17) is 15.3 Å². The van der Waals surface area contributed by atoms with Gasteiger partial charge in [-0.3, -0.25) is 9.59 Å². The van der Waals surface area contributed by atoms with Gasteiger partial charge in [0.15, 0.2) is 0 Å². The molecule has 0 bridgehead atoms. The number of phenols is 2. The lowest BCUT2D eigenvalue weighted by Gasteiger charge is -1.94. The second-order valence-corrected chi connectivity index (χ2v) is 3.89. The van der Waals surface area contributed by atoms with Crippen LogP contribution in [0.1, 0.15) is 28.1 Å². The maximum absolute atomic E-state index is 10.8. The molecule has 0 aliphatic heterocycles.